The maximum absolute atomic E-state index is 13.7. The molecule has 0 saturated heterocycles. The highest BCUT2D eigenvalue weighted by atomic mass is 32.2. The fourth-order valence-electron chi connectivity index (χ4n) is 3.30. The molecule has 2 aromatic carbocycles. The van der Waals surface area contributed by atoms with Crippen LogP contribution in [0.5, 0.6) is 5.75 Å². The number of ether oxygens (including phenoxy) is 1. The van der Waals surface area contributed by atoms with Gasteiger partial charge in [0.15, 0.2) is 5.16 Å². The summed E-state index contributed by atoms with van der Waals surface area (Å²) in [5.74, 6) is -0.0224. The molecule has 8 heteroatoms. The van der Waals surface area contributed by atoms with Crippen molar-refractivity contribution in [2.75, 3.05) is 11.6 Å². The molecule has 29 heavy (non-hydrogen) atoms. The minimum Gasteiger partial charge on any atom is -0.489 e. The number of thioether (sulfide) groups is 1. The summed E-state index contributed by atoms with van der Waals surface area (Å²) in [4.78, 5) is 31.8. The summed E-state index contributed by atoms with van der Waals surface area (Å²) in [6, 6.07) is 13.6. The Morgan fingerprint density at radius 3 is 2.66 bits per heavy atom. The summed E-state index contributed by atoms with van der Waals surface area (Å²) in [5, 5.41) is 3.14. The van der Waals surface area contributed by atoms with Gasteiger partial charge in [0.05, 0.1) is 5.56 Å². The second-order valence-electron chi connectivity index (χ2n) is 6.59. The van der Waals surface area contributed by atoms with Gasteiger partial charge in [0.25, 0.3) is 5.56 Å². The molecule has 6 nitrogen and oxygen atoms in total. The molecule has 1 amide bonds. The predicted molar refractivity (Wildman–Crippen MR) is 109 cm³/mol. The van der Waals surface area contributed by atoms with E-state index in [4.69, 9.17) is 4.74 Å². The zero-order valence-corrected chi connectivity index (χ0v) is 16.4. The number of H-pyrrole nitrogens is 1. The van der Waals surface area contributed by atoms with Gasteiger partial charge in [0.2, 0.25) is 5.91 Å². The average molecular weight is 411 g/mol. The lowest BCUT2D eigenvalue weighted by Gasteiger charge is -2.24. The molecule has 0 aliphatic carbocycles. The molecule has 148 valence electrons. The second-order valence-corrected chi connectivity index (χ2v) is 7.39. The summed E-state index contributed by atoms with van der Waals surface area (Å²) < 4.78 is 19.4. The summed E-state index contributed by atoms with van der Waals surface area (Å²) in [5.41, 5.74) is 1.46. The maximum atomic E-state index is 13.7. The maximum Gasteiger partial charge on any atom is 0.257 e. The zero-order valence-electron chi connectivity index (χ0n) is 15.6. The van der Waals surface area contributed by atoms with Crippen molar-refractivity contribution in [1.29, 1.82) is 0 Å². The Hall–Kier alpha value is -3.13. The van der Waals surface area contributed by atoms with Crippen LogP contribution in [0.25, 0.3) is 0 Å². The standard InChI is InChI=1S/C21H18FN3O3S/c1-29-21-24-19-18(20(27)25-21)15(10-17(26)23-19)12-6-8-14(9-7-12)28-11-13-4-2-3-5-16(13)22/h2-9,15H,10-11H2,1H3,(H2,23,24,25,26,27). The van der Waals surface area contributed by atoms with E-state index in [2.05, 4.69) is 15.3 Å². The number of aromatic amines is 1. The van der Waals surface area contributed by atoms with Crippen LogP contribution < -0.4 is 15.6 Å². The van der Waals surface area contributed by atoms with Crippen LogP contribution in [0.2, 0.25) is 0 Å². The van der Waals surface area contributed by atoms with Gasteiger partial charge in [-0.1, -0.05) is 42.1 Å². The number of amides is 1. The smallest absolute Gasteiger partial charge is 0.257 e. The van der Waals surface area contributed by atoms with E-state index in [1.807, 2.05) is 12.1 Å². The first-order valence-electron chi connectivity index (χ1n) is 8.99. The molecule has 1 aromatic heterocycles. The Balaban J connectivity index is 1.57. The van der Waals surface area contributed by atoms with Crippen LogP contribution in [0.4, 0.5) is 10.2 Å². The SMILES string of the molecule is CSc1nc2c(c(=O)[nH]1)C(c1ccc(OCc3ccccc3F)cc1)CC(=O)N2. The van der Waals surface area contributed by atoms with Gasteiger partial charge in [-0.3, -0.25) is 9.59 Å². The average Bonchev–Trinajstić information content (AvgIpc) is 2.72. The molecule has 0 fully saturated rings. The molecule has 3 aromatic rings. The predicted octanol–water partition coefficient (Wildman–Crippen LogP) is 3.68. The van der Waals surface area contributed by atoms with Crippen molar-refractivity contribution in [2.45, 2.75) is 24.1 Å². The van der Waals surface area contributed by atoms with Crippen LogP contribution in [-0.4, -0.2) is 22.1 Å². The van der Waals surface area contributed by atoms with Crippen LogP contribution in [0.1, 0.15) is 29.0 Å². The Labute approximate surface area is 170 Å². The number of halogens is 1. The molecule has 4 rings (SSSR count). The Morgan fingerprint density at radius 1 is 1.17 bits per heavy atom. The fraction of sp³-hybridized carbons (Fsp3) is 0.190. The van der Waals surface area contributed by atoms with Gasteiger partial charge in [0, 0.05) is 17.9 Å². The highest BCUT2D eigenvalue weighted by molar-refractivity contribution is 7.98. The van der Waals surface area contributed by atoms with E-state index in [-0.39, 0.29) is 30.3 Å². The highest BCUT2D eigenvalue weighted by Gasteiger charge is 2.30. The summed E-state index contributed by atoms with van der Waals surface area (Å²) in [6.07, 6.45) is 1.96. The van der Waals surface area contributed by atoms with E-state index < -0.39 is 5.92 Å². The number of nitrogens with one attached hydrogen (secondary N) is 2. The van der Waals surface area contributed by atoms with E-state index in [0.717, 1.165) is 5.56 Å². The lowest BCUT2D eigenvalue weighted by molar-refractivity contribution is -0.116. The minimum absolute atomic E-state index is 0.113. The van der Waals surface area contributed by atoms with Gasteiger partial charge in [-0.05, 0) is 30.0 Å². The molecule has 1 unspecified atom stereocenters. The van der Waals surface area contributed by atoms with Gasteiger partial charge in [0.1, 0.15) is 24.0 Å². The summed E-state index contributed by atoms with van der Waals surface area (Å²) in [6.45, 7) is 0.113. The van der Waals surface area contributed by atoms with E-state index in [1.165, 1.54) is 17.8 Å². The van der Waals surface area contributed by atoms with Crippen molar-refractivity contribution in [3.05, 3.63) is 81.4 Å². The number of hydrogen-bond acceptors (Lipinski definition) is 5. The van der Waals surface area contributed by atoms with E-state index in [0.29, 0.717) is 27.9 Å². The molecule has 1 atom stereocenters. The molecule has 0 bridgehead atoms. The number of benzene rings is 2. The van der Waals surface area contributed by atoms with Crippen molar-refractivity contribution in [2.24, 2.45) is 0 Å². The van der Waals surface area contributed by atoms with Gasteiger partial charge in [-0.15, -0.1) is 0 Å². The number of fused-ring (bicyclic) bond motifs is 1. The largest absolute Gasteiger partial charge is 0.489 e. The number of aromatic nitrogens is 2. The van der Waals surface area contributed by atoms with Gasteiger partial charge in [-0.2, -0.15) is 0 Å². The van der Waals surface area contributed by atoms with E-state index >= 15 is 0 Å². The molecule has 2 N–H and O–H groups in total. The first kappa shape index (κ1) is 19.2. The number of anilines is 1. The van der Waals surface area contributed by atoms with Crippen LogP contribution in [-0.2, 0) is 11.4 Å². The lowest BCUT2D eigenvalue weighted by atomic mass is 9.87. The Bertz CT molecular complexity index is 1110. The third-order valence-electron chi connectivity index (χ3n) is 4.76. The van der Waals surface area contributed by atoms with Crippen LogP contribution >= 0.6 is 11.8 Å². The molecule has 2 heterocycles. The molecule has 0 spiro atoms. The Morgan fingerprint density at radius 2 is 1.93 bits per heavy atom. The third-order valence-corrected chi connectivity index (χ3v) is 5.34. The van der Waals surface area contributed by atoms with E-state index in [9.17, 15) is 14.0 Å². The summed E-state index contributed by atoms with van der Waals surface area (Å²) in [7, 11) is 0. The number of nitrogens with zero attached hydrogens (tertiary/aromatic N) is 1. The Kier molecular flexibility index (Phi) is 5.35. The fourth-order valence-corrected chi connectivity index (χ4v) is 3.68. The van der Waals surface area contributed by atoms with Crippen LogP contribution in [0, 0.1) is 5.82 Å². The molecular formula is C21H18FN3O3S. The first-order valence-corrected chi connectivity index (χ1v) is 10.2. The van der Waals surface area contributed by atoms with Gasteiger partial charge >= 0.3 is 0 Å². The third kappa shape index (κ3) is 4.02. The normalized spacial score (nSPS) is 15.5. The van der Waals surface area contributed by atoms with Gasteiger partial charge in [-0.25, -0.2) is 9.37 Å². The van der Waals surface area contributed by atoms with Crippen LogP contribution in [0.3, 0.4) is 0 Å². The molecule has 1 aliphatic heterocycles. The second kappa shape index (κ2) is 8.08. The number of carbonyl (C=O) groups excluding carboxylic acids is 1. The van der Waals surface area contributed by atoms with Gasteiger partial charge < -0.3 is 15.0 Å². The van der Waals surface area contributed by atoms with Crippen molar-refractivity contribution in [3.63, 3.8) is 0 Å². The lowest BCUT2D eigenvalue weighted by Crippen LogP contribution is -2.31. The zero-order chi connectivity index (χ0) is 20.4. The van der Waals surface area contributed by atoms with Crippen molar-refractivity contribution >= 4 is 23.5 Å². The van der Waals surface area contributed by atoms with Crippen molar-refractivity contribution < 1.29 is 13.9 Å². The number of carbonyl (C=O) groups is 1. The molecule has 0 radical (unpaired) electrons. The van der Waals surface area contributed by atoms with Crippen LogP contribution in [0.15, 0.2) is 58.5 Å². The topological polar surface area (TPSA) is 84.1 Å². The highest BCUT2D eigenvalue weighted by Crippen LogP contribution is 2.35. The quantitative estimate of drug-likeness (QED) is 0.494. The monoisotopic (exact) mass is 411 g/mol. The first-order chi connectivity index (χ1) is 14.0. The molecule has 1 aliphatic rings. The van der Waals surface area contributed by atoms with Crippen molar-refractivity contribution in [3.8, 4) is 5.75 Å². The summed E-state index contributed by atoms with van der Waals surface area (Å²) >= 11 is 1.30. The molecular weight excluding hydrogens is 393 g/mol. The minimum atomic E-state index is -0.397. The number of hydrogen-bond donors (Lipinski definition) is 2. The number of rotatable bonds is 5. The molecule has 0 saturated carbocycles. The van der Waals surface area contributed by atoms with Crippen molar-refractivity contribution in [1.82, 2.24) is 9.97 Å². The van der Waals surface area contributed by atoms with E-state index in [1.54, 1.807) is 36.6 Å².